The summed E-state index contributed by atoms with van der Waals surface area (Å²) in [6.07, 6.45) is 12.2. The molecule has 1 aliphatic heterocycles. The van der Waals surface area contributed by atoms with E-state index in [9.17, 15) is 0 Å². The van der Waals surface area contributed by atoms with E-state index in [1.54, 1.807) is 0 Å². The number of halogens is 1. The first-order valence-corrected chi connectivity index (χ1v) is 3.92. The molecule has 3 N–H and O–H groups in total. The van der Waals surface area contributed by atoms with Crippen molar-refractivity contribution in [1.29, 1.82) is 0 Å². The van der Waals surface area contributed by atoms with Crippen LogP contribution in [-0.2, 0) is 0 Å². The van der Waals surface area contributed by atoms with Crippen LogP contribution >= 0.6 is 12.4 Å². The van der Waals surface area contributed by atoms with Crippen LogP contribution in [0.1, 0.15) is 12.8 Å². The zero-order chi connectivity index (χ0) is 7.94. The number of nitrogens with two attached hydrogens (primary N) is 1. The van der Waals surface area contributed by atoms with Crippen LogP contribution < -0.4 is 11.1 Å². The molecule has 0 amide bonds. The molecule has 1 heterocycles. The Balaban J connectivity index is 0.00000121. The summed E-state index contributed by atoms with van der Waals surface area (Å²) in [4.78, 5) is 0. The Hall–Kier alpha value is -0.730. The molecule has 68 valence electrons. The second-order valence-electron chi connectivity index (χ2n) is 2.49. The van der Waals surface area contributed by atoms with Crippen molar-refractivity contribution in [3.8, 4) is 0 Å². The summed E-state index contributed by atoms with van der Waals surface area (Å²) >= 11 is 0. The summed E-state index contributed by atoms with van der Waals surface area (Å²) in [5.74, 6) is 0. The lowest BCUT2D eigenvalue weighted by Crippen LogP contribution is -1.98. The Morgan fingerprint density at radius 1 is 1.33 bits per heavy atom. The molecule has 0 unspecified atom stereocenters. The molecule has 12 heavy (non-hydrogen) atoms. The Morgan fingerprint density at radius 3 is 2.92 bits per heavy atom. The lowest BCUT2D eigenvalue weighted by molar-refractivity contribution is 0.835. The molecule has 0 aliphatic carbocycles. The summed E-state index contributed by atoms with van der Waals surface area (Å²) < 4.78 is 0. The fraction of sp³-hybridized carbons (Fsp3) is 0.333. The van der Waals surface area contributed by atoms with Gasteiger partial charge in [-0.05, 0) is 37.1 Å². The maximum atomic E-state index is 5.40. The average molecular weight is 187 g/mol. The lowest BCUT2D eigenvalue weighted by Gasteiger charge is -1.96. The average Bonchev–Trinajstić information content (AvgIpc) is 2.28. The van der Waals surface area contributed by atoms with Crippen LogP contribution in [-0.4, -0.2) is 6.54 Å². The minimum absolute atomic E-state index is 0. The summed E-state index contributed by atoms with van der Waals surface area (Å²) in [5.41, 5.74) is 6.73. The van der Waals surface area contributed by atoms with Crippen molar-refractivity contribution in [3.63, 3.8) is 0 Å². The number of nitrogens with one attached hydrogen (secondary N) is 1. The molecule has 0 fully saturated rings. The van der Waals surface area contributed by atoms with E-state index in [-0.39, 0.29) is 12.4 Å². The Labute approximate surface area is 79.6 Å². The van der Waals surface area contributed by atoms with Gasteiger partial charge in [0, 0.05) is 12.4 Å². The van der Waals surface area contributed by atoms with Crippen molar-refractivity contribution >= 4 is 12.4 Å². The topological polar surface area (TPSA) is 38.0 Å². The van der Waals surface area contributed by atoms with Gasteiger partial charge in [-0.15, -0.1) is 12.4 Å². The van der Waals surface area contributed by atoms with Crippen molar-refractivity contribution in [3.05, 3.63) is 36.2 Å². The first kappa shape index (κ1) is 11.3. The first-order valence-electron chi connectivity index (χ1n) is 3.92. The third kappa shape index (κ3) is 4.21. The van der Waals surface area contributed by atoms with Gasteiger partial charge in [-0.1, -0.05) is 6.08 Å². The molecule has 0 radical (unpaired) electrons. The van der Waals surface area contributed by atoms with Crippen molar-refractivity contribution in [2.45, 2.75) is 12.8 Å². The van der Waals surface area contributed by atoms with Crippen molar-refractivity contribution in [2.75, 3.05) is 6.54 Å². The predicted octanol–water partition coefficient (Wildman–Crippen LogP) is 1.70. The number of rotatable bonds is 3. The molecule has 1 aliphatic rings. The van der Waals surface area contributed by atoms with Crippen LogP contribution in [0.4, 0.5) is 0 Å². The molecular weight excluding hydrogens is 172 g/mol. The smallest absolute Gasteiger partial charge is 0.000717 e. The van der Waals surface area contributed by atoms with E-state index in [0.29, 0.717) is 0 Å². The maximum absolute atomic E-state index is 5.40. The van der Waals surface area contributed by atoms with Crippen LogP contribution in [0.2, 0.25) is 0 Å². The van der Waals surface area contributed by atoms with Crippen LogP contribution in [0.25, 0.3) is 0 Å². The summed E-state index contributed by atoms with van der Waals surface area (Å²) in [5, 5.41) is 3.01. The lowest BCUT2D eigenvalue weighted by atomic mass is 10.1. The van der Waals surface area contributed by atoms with Gasteiger partial charge in [0.25, 0.3) is 0 Å². The van der Waals surface area contributed by atoms with Gasteiger partial charge in [0.05, 0.1) is 0 Å². The largest absolute Gasteiger partial charge is 0.368 e. The second kappa shape index (κ2) is 6.95. The highest BCUT2D eigenvalue weighted by Crippen LogP contribution is 2.07. The van der Waals surface area contributed by atoms with Crippen LogP contribution in [0.3, 0.4) is 0 Å². The van der Waals surface area contributed by atoms with E-state index in [1.807, 2.05) is 18.5 Å². The maximum Gasteiger partial charge on any atom is 0.000717 e. The van der Waals surface area contributed by atoms with Gasteiger partial charge < -0.3 is 11.1 Å². The molecule has 1 rings (SSSR count). The van der Waals surface area contributed by atoms with E-state index in [0.717, 1.165) is 19.4 Å². The minimum Gasteiger partial charge on any atom is -0.368 e. The van der Waals surface area contributed by atoms with Gasteiger partial charge in [0.15, 0.2) is 0 Å². The van der Waals surface area contributed by atoms with Crippen molar-refractivity contribution < 1.29 is 0 Å². The van der Waals surface area contributed by atoms with Gasteiger partial charge in [0.2, 0.25) is 0 Å². The van der Waals surface area contributed by atoms with E-state index in [2.05, 4.69) is 17.5 Å². The van der Waals surface area contributed by atoms with Crippen molar-refractivity contribution in [1.82, 2.24) is 5.32 Å². The quantitative estimate of drug-likeness (QED) is 0.704. The predicted molar refractivity (Wildman–Crippen MR) is 55.0 cm³/mol. The monoisotopic (exact) mass is 186 g/mol. The third-order valence-electron chi connectivity index (χ3n) is 1.57. The third-order valence-corrected chi connectivity index (χ3v) is 1.57. The highest BCUT2D eigenvalue weighted by molar-refractivity contribution is 5.85. The molecule has 0 atom stereocenters. The zero-order valence-electron chi connectivity index (χ0n) is 6.99. The SMILES string of the molecule is Cl.NCCCC1=CC=CNC=C1. The molecule has 3 heteroatoms. The first-order chi connectivity index (χ1) is 5.43. The normalized spacial score (nSPS) is 14.2. The van der Waals surface area contributed by atoms with Gasteiger partial charge >= 0.3 is 0 Å². The van der Waals surface area contributed by atoms with Gasteiger partial charge in [-0.2, -0.15) is 0 Å². The number of allylic oxidation sites excluding steroid dienone is 4. The Morgan fingerprint density at radius 2 is 2.17 bits per heavy atom. The molecule has 0 aromatic heterocycles. The van der Waals surface area contributed by atoms with Crippen LogP contribution in [0.15, 0.2) is 36.2 Å². The highest BCUT2D eigenvalue weighted by Gasteiger charge is 1.91. The van der Waals surface area contributed by atoms with Crippen LogP contribution in [0, 0.1) is 0 Å². The second-order valence-corrected chi connectivity index (χ2v) is 2.49. The zero-order valence-corrected chi connectivity index (χ0v) is 7.81. The summed E-state index contributed by atoms with van der Waals surface area (Å²) in [6, 6.07) is 0. The molecule has 0 saturated heterocycles. The molecule has 0 saturated carbocycles. The van der Waals surface area contributed by atoms with Gasteiger partial charge in [-0.3, -0.25) is 0 Å². The fourth-order valence-electron chi connectivity index (χ4n) is 0.966. The fourth-order valence-corrected chi connectivity index (χ4v) is 0.966. The molecular formula is C9H15ClN2. The Kier molecular flexibility index (Phi) is 6.53. The minimum atomic E-state index is 0. The Bertz CT molecular complexity index is 195. The summed E-state index contributed by atoms with van der Waals surface area (Å²) in [6.45, 7) is 0.766. The number of hydrogen-bond acceptors (Lipinski definition) is 2. The molecule has 2 nitrogen and oxygen atoms in total. The summed E-state index contributed by atoms with van der Waals surface area (Å²) in [7, 11) is 0. The van der Waals surface area contributed by atoms with E-state index in [1.165, 1.54) is 5.57 Å². The van der Waals surface area contributed by atoms with Crippen molar-refractivity contribution in [2.24, 2.45) is 5.73 Å². The highest BCUT2D eigenvalue weighted by atomic mass is 35.5. The van der Waals surface area contributed by atoms with Gasteiger partial charge in [-0.25, -0.2) is 0 Å². The van der Waals surface area contributed by atoms with E-state index in [4.69, 9.17) is 5.73 Å². The van der Waals surface area contributed by atoms with Crippen LogP contribution in [0.5, 0.6) is 0 Å². The molecule has 0 bridgehead atoms. The van der Waals surface area contributed by atoms with E-state index >= 15 is 0 Å². The molecule has 0 spiro atoms. The number of hydrogen-bond donors (Lipinski definition) is 2. The molecule has 0 aromatic carbocycles. The molecule has 0 aromatic rings. The van der Waals surface area contributed by atoms with E-state index < -0.39 is 0 Å². The van der Waals surface area contributed by atoms with Gasteiger partial charge in [0.1, 0.15) is 0 Å². The standard InChI is InChI=1S/C9H14N2.ClH/c10-6-1-3-9-4-2-7-11-8-5-9;/h2,4-5,7-8,11H,1,3,6,10H2;1H.